The molecule has 2 atom stereocenters. The number of hydrogen-bond donors (Lipinski definition) is 0. The maximum absolute atomic E-state index is 6.37. The highest BCUT2D eigenvalue weighted by Crippen LogP contribution is 2.57. The van der Waals surface area contributed by atoms with Gasteiger partial charge in [0.05, 0.1) is 5.52 Å². The van der Waals surface area contributed by atoms with E-state index >= 15 is 0 Å². The number of fused-ring (bicyclic) bond motifs is 11. The molecule has 252 valence electrons. The SMILES string of the molecule is CC1(c2cccc3oc4ccccc4c23)C=CC=C(N2C3=Cc4c(c5ccc6c(c5n4Cc4ccccc4)C=CCC6)CC3(C)c3ccccc32)C1. The van der Waals surface area contributed by atoms with Gasteiger partial charge in [0.2, 0.25) is 0 Å². The summed E-state index contributed by atoms with van der Waals surface area (Å²) in [5.41, 5.74) is 16.6. The monoisotopic (exact) mass is 672 g/mol. The van der Waals surface area contributed by atoms with Crippen LogP contribution in [0.4, 0.5) is 5.69 Å². The van der Waals surface area contributed by atoms with Gasteiger partial charge in [-0.25, -0.2) is 0 Å². The fourth-order valence-corrected chi connectivity index (χ4v) is 10.0. The average Bonchev–Trinajstić information content (AvgIpc) is 3.79. The lowest BCUT2D eigenvalue weighted by Gasteiger charge is -2.38. The molecule has 3 aliphatic carbocycles. The van der Waals surface area contributed by atoms with Crippen LogP contribution in [0, 0.1) is 0 Å². The molecular weight excluding hydrogens is 633 g/mol. The minimum Gasteiger partial charge on any atom is -0.456 e. The summed E-state index contributed by atoms with van der Waals surface area (Å²) in [5, 5.41) is 3.81. The third-order valence-electron chi connectivity index (χ3n) is 12.5. The van der Waals surface area contributed by atoms with E-state index in [0.29, 0.717) is 0 Å². The standard InChI is InChI=1S/C49H40N2O/c1-48(40-21-12-24-44-46(40)37-19-8-11-23-43(37)52-44)27-13-17-34(29-48)51-41-22-10-9-20-39(41)49(2)30-38-36-26-25-33-16-6-7-18-35(33)47(36)50(42(38)28-45(49)51)31-32-14-4-3-5-15-32/h3-5,7-15,17-28H,6,16,29-31H2,1-2H3. The van der Waals surface area contributed by atoms with E-state index in [2.05, 4.69) is 169 Å². The number of furan rings is 1. The van der Waals surface area contributed by atoms with Crippen LogP contribution in [0.25, 0.3) is 45.0 Å². The zero-order chi connectivity index (χ0) is 34.6. The minimum absolute atomic E-state index is 0.166. The molecule has 0 spiro atoms. The Balaban J connectivity index is 1.10. The Kier molecular flexibility index (Phi) is 6.24. The van der Waals surface area contributed by atoms with Crippen molar-refractivity contribution >= 4 is 50.7 Å². The Hall–Kier alpha value is -5.80. The lowest BCUT2D eigenvalue weighted by molar-refractivity contribution is 0.546. The molecule has 0 radical (unpaired) electrons. The molecule has 0 amide bonds. The van der Waals surface area contributed by atoms with Crippen LogP contribution >= 0.6 is 0 Å². The third-order valence-corrected chi connectivity index (χ3v) is 12.5. The number of rotatable bonds is 4. The zero-order valence-corrected chi connectivity index (χ0v) is 29.7. The first-order valence-corrected chi connectivity index (χ1v) is 18.8. The first-order chi connectivity index (χ1) is 25.5. The molecule has 0 N–H and O–H groups in total. The van der Waals surface area contributed by atoms with Gasteiger partial charge in [-0.15, -0.1) is 0 Å². The van der Waals surface area contributed by atoms with Gasteiger partial charge in [-0.2, -0.15) is 0 Å². The molecule has 52 heavy (non-hydrogen) atoms. The minimum atomic E-state index is -0.224. The third kappa shape index (κ3) is 4.14. The largest absolute Gasteiger partial charge is 0.456 e. The van der Waals surface area contributed by atoms with Crippen LogP contribution < -0.4 is 4.90 Å². The summed E-state index contributed by atoms with van der Waals surface area (Å²) >= 11 is 0. The Bertz CT molecular complexity index is 2750. The molecule has 0 bridgehead atoms. The number of aromatic nitrogens is 1. The number of nitrogens with zero attached hydrogens (tertiary/aromatic N) is 2. The Morgan fingerprint density at radius 1 is 0.750 bits per heavy atom. The average molecular weight is 673 g/mol. The van der Waals surface area contributed by atoms with E-state index in [-0.39, 0.29) is 10.8 Å². The van der Waals surface area contributed by atoms with Crippen LogP contribution in [0.15, 0.2) is 149 Å². The maximum atomic E-state index is 6.37. The van der Waals surface area contributed by atoms with Gasteiger partial charge in [-0.1, -0.05) is 122 Å². The van der Waals surface area contributed by atoms with Crippen molar-refractivity contribution in [3.05, 3.63) is 184 Å². The number of hydrogen-bond acceptors (Lipinski definition) is 2. The topological polar surface area (TPSA) is 21.3 Å². The fraction of sp³-hybridized carbons (Fsp3) is 0.184. The second-order valence-corrected chi connectivity index (χ2v) is 15.7. The highest BCUT2D eigenvalue weighted by molar-refractivity contribution is 6.07. The van der Waals surface area contributed by atoms with Gasteiger partial charge in [0, 0.05) is 68.3 Å². The summed E-state index contributed by atoms with van der Waals surface area (Å²) in [5.74, 6) is 0. The van der Waals surface area contributed by atoms with Crippen molar-refractivity contribution < 1.29 is 4.42 Å². The number of allylic oxidation sites excluding steroid dienone is 6. The lowest BCUT2D eigenvalue weighted by atomic mass is 9.72. The number of benzene rings is 5. The molecule has 5 aromatic carbocycles. The number of aryl methyl sites for hydroxylation is 1. The van der Waals surface area contributed by atoms with Crippen molar-refractivity contribution in [2.45, 2.75) is 56.9 Å². The van der Waals surface area contributed by atoms with Crippen molar-refractivity contribution in [3.8, 4) is 0 Å². The molecule has 4 aliphatic rings. The van der Waals surface area contributed by atoms with Crippen molar-refractivity contribution in [2.24, 2.45) is 0 Å². The molecule has 7 aromatic rings. The highest BCUT2D eigenvalue weighted by Gasteiger charge is 2.49. The fourth-order valence-electron chi connectivity index (χ4n) is 10.0. The second kappa shape index (κ2) is 10.9. The molecule has 0 saturated heterocycles. The van der Waals surface area contributed by atoms with Crippen LogP contribution in [0.2, 0.25) is 0 Å². The van der Waals surface area contributed by atoms with Crippen molar-refractivity contribution in [3.63, 3.8) is 0 Å². The summed E-state index contributed by atoms with van der Waals surface area (Å²) in [7, 11) is 0. The lowest BCUT2D eigenvalue weighted by Crippen LogP contribution is -2.35. The van der Waals surface area contributed by atoms with Gasteiger partial charge in [0.25, 0.3) is 0 Å². The first-order valence-electron chi connectivity index (χ1n) is 18.8. The predicted molar refractivity (Wildman–Crippen MR) is 216 cm³/mol. The number of anilines is 1. The highest BCUT2D eigenvalue weighted by atomic mass is 16.3. The van der Waals surface area contributed by atoms with E-state index in [0.717, 1.165) is 43.4 Å². The quantitative estimate of drug-likeness (QED) is 0.186. The molecule has 11 rings (SSSR count). The van der Waals surface area contributed by atoms with E-state index in [1.165, 1.54) is 77.8 Å². The summed E-state index contributed by atoms with van der Waals surface area (Å²) in [6, 6.07) is 40.0. The summed E-state index contributed by atoms with van der Waals surface area (Å²) < 4.78 is 9.00. The van der Waals surface area contributed by atoms with E-state index in [1.54, 1.807) is 0 Å². The molecular formula is C49H40N2O. The summed E-state index contributed by atoms with van der Waals surface area (Å²) in [4.78, 5) is 2.62. The second-order valence-electron chi connectivity index (χ2n) is 15.7. The normalized spacial score (nSPS) is 21.6. The van der Waals surface area contributed by atoms with E-state index < -0.39 is 0 Å². The summed E-state index contributed by atoms with van der Waals surface area (Å²) in [6.45, 7) is 5.72. The van der Waals surface area contributed by atoms with Gasteiger partial charge in [-0.05, 0) is 84.4 Å². The molecule has 0 fully saturated rings. The van der Waals surface area contributed by atoms with Gasteiger partial charge in [0.15, 0.2) is 0 Å². The molecule has 1 aliphatic heterocycles. The van der Waals surface area contributed by atoms with Crippen LogP contribution in [0.1, 0.15) is 65.8 Å². The molecule has 3 heterocycles. The molecule has 0 saturated carbocycles. The summed E-state index contributed by atoms with van der Waals surface area (Å²) in [6.07, 6.45) is 18.4. The van der Waals surface area contributed by atoms with Crippen molar-refractivity contribution in [1.29, 1.82) is 0 Å². The first kappa shape index (κ1) is 29.9. The van der Waals surface area contributed by atoms with Crippen molar-refractivity contribution in [1.82, 2.24) is 4.57 Å². The Morgan fingerprint density at radius 3 is 2.48 bits per heavy atom. The smallest absolute Gasteiger partial charge is 0.135 e. The zero-order valence-electron chi connectivity index (χ0n) is 29.7. The van der Waals surface area contributed by atoms with Crippen molar-refractivity contribution in [2.75, 3.05) is 4.90 Å². The van der Waals surface area contributed by atoms with Gasteiger partial charge >= 0.3 is 0 Å². The maximum Gasteiger partial charge on any atom is 0.135 e. The molecule has 3 heteroatoms. The van der Waals surface area contributed by atoms with Crippen LogP contribution in [-0.2, 0) is 30.2 Å². The van der Waals surface area contributed by atoms with E-state index in [1.807, 2.05) is 0 Å². The Morgan fingerprint density at radius 2 is 1.56 bits per heavy atom. The van der Waals surface area contributed by atoms with Gasteiger partial charge in [0.1, 0.15) is 11.2 Å². The number of para-hydroxylation sites is 2. The van der Waals surface area contributed by atoms with Crippen LogP contribution in [0.5, 0.6) is 0 Å². The van der Waals surface area contributed by atoms with E-state index in [9.17, 15) is 0 Å². The molecule has 3 nitrogen and oxygen atoms in total. The van der Waals surface area contributed by atoms with E-state index in [4.69, 9.17) is 4.42 Å². The van der Waals surface area contributed by atoms with Gasteiger partial charge in [-0.3, -0.25) is 0 Å². The molecule has 2 unspecified atom stereocenters. The predicted octanol–water partition coefficient (Wildman–Crippen LogP) is 12.0. The van der Waals surface area contributed by atoms with Crippen LogP contribution in [-0.4, -0.2) is 4.57 Å². The van der Waals surface area contributed by atoms with Gasteiger partial charge < -0.3 is 13.9 Å². The Labute approximate surface area is 304 Å². The molecule has 2 aromatic heterocycles. The van der Waals surface area contributed by atoms with Crippen LogP contribution in [0.3, 0.4) is 0 Å².